The number of piperidine rings is 1. The van der Waals surface area contributed by atoms with Crippen molar-refractivity contribution in [3.05, 3.63) is 106 Å². The summed E-state index contributed by atoms with van der Waals surface area (Å²) in [4.78, 5) is 0. The van der Waals surface area contributed by atoms with E-state index in [4.69, 9.17) is 23.2 Å². The molecule has 1 heterocycles. The molecule has 0 aromatic heterocycles. The van der Waals surface area contributed by atoms with Crippen LogP contribution in [-0.4, -0.2) is 10.7 Å². The largest absolute Gasteiger partial charge is 0.389 e. The van der Waals surface area contributed by atoms with Crippen molar-refractivity contribution in [3.8, 4) is 0 Å². The van der Waals surface area contributed by atoms with E-state index < -0.39 is 5.60 Å². The summed E-state index contributed by atoms with van der Waals surface area (Å²) < 4.78 is 0. The highest BCUT2D eigenvalue weighted by atomic mass is 35.5. The molecular weight excluding hydrogens is 413 g/mol. The molecule has 0 amide bonds. The summed E-state index contributed by atoms with van der Waals surface area (Å²) in [5.41, 5.74) is 2.51. The van der Waals surface area contributed by atoms with Crippen LogP contribution >= 0.6 is 23.2 Å². The molecule has 1 saturated heterocycles. The number of nitrogens with one attached hydrogen (secondary N) is 1. The van der Waals surface area contributed by atoms with E-state index in [0.29, 0.717) is 16.5 Å². The number of benzene rings is 3. The van der Waals surface area contributed by atoms with Crippen LogP contribution in [0.15, 0.2) is 78.9 Å². The van der Waals surface area contributed by atoms with Crippen LogP contribution in [0.1, 0.15) is 42.6 Å². The van der Waals surface area contributed by atoms with Gasteiger partial charge in [-0.1, -0.05) is 91.6 Å². The first kappa shape index (κ1) is 21.4. The molecule has 156 valence electrons. The zero-order valence-electron chi connectivity index (χ0n) is 17.2. The Morgan fingerprint density at radius 1 is 0.733 bits per heavy atom. The van der Waals surface area contributed by atoms with Crippen molar-refractivity contribution in [2.75, 3.05) is 0 Å². The van der Waals surface area contributed by atoms with Gasteiger partial charge in [0.1, 0.15) is 0 Å². The lowest BCUT2D eigenvalue weighted by atomic mass is 9.64. The Bertz CT molecular complexity index is 915. The number of hydrogen-bond donors (Lipinski definition) is 2. The van der Waals surface area contributed by atoms with Crippen molar-refractivity contribution < 1.29 is 5.11 Å². The van der Waals surface area contributed by atoms with Crippen molar-refractivity contribution in [2.45, 2.75) is 38.0 Å². The lowest BCUT2D eigenvalue weighted by molar-refractivity contribution is -0.110. The maximum Gasteiger partial charge on any atom is 0.0774 e. The van der Waals surface area contributed by atoms with Crippen molar-refractivity contribution in [3.63, 3.8) is 0 Å². The van der Waals surface area contributed by atoms with Gasteiger partial charge in [0.2, 0.25) is 0 Å². The van der Waals surface area contributed by atoms with Crippen molar-refractivity contribution in [2.24, 2.45) is 11.8 Å². The molecule has 4 heteroatoms. The molecule has 2 nitrogen and oxygen atoms in total. The van der Waals surface area contributed by atoms with Crippen molar-refractivity contribution >= 4 is 23.2 Å². The molecule has 0 spiro atoms. The van der Waals surface area contributed by atoms with Gasteiger partial charge < -0.3 is 10.4 Å². The smallest absolute Gasteiger partial charge is 0.0774 e. The Hall–Kier alpha value is -1.84. The minimum atomic E-state index is -0.888. The zero-order valence-corrected chi connectivity index (χ0v) is 18.7. The van der Waals surface area contributed by atoms with Crippen molar-refractivity contribution in [1.29, 1.82) is 0 Å². The number of rotatable bonds is 4. The summed E-state index contributed by atoms with van der Waals surface area (Å²) in [7, 11) is 0. The van der Waals surface area contributed by atoms with Gasteiger partial charge in [-0.05, 0) is 41.0 Å². The second-order valence-corrected chi connectivity index (χ2v) is 9.33. The van der Waals surface area contributed by atoms with Gasteiger partial charge in [-0.2, -0.15) is 0 Å². The highest BCUT2D eigenvalue weighted by Crippen LogP contribution is 2.48. The Balaban J connectivity index is 1.76. The van der Waals surface area contributed by atoms with Gasteiger partial charge in [0.05, 0.1) is 5.60 Å². The average molecular weight is 440 g/mol. The molecule has 1 fully saturated rings. The summed E-state index contributed by atoms with van der Waals surface area (Å²) in [6.07, 6.45) is 0.603. The first-order chi connectivity index (χ1) is 14.4. The SMILES string of the molecule is C[C@@H]1[C@@H](c2ccc(Cl)cc2)N[C@@H](c2ccc(Cl)cc2)[C@@H](C)C1(O)Cc1ccccc1. The summed E-state index contributed by atoms with van der Waals surface area (Å²) >= 11 is 12.3. The summed E-state index contributed by atoms with van der Waals surface area (Å²) in [6, 6.07) is 26.1. The topological polar surface area (TPSA) is 32.3 Å². The molecular formula is C26H27Cl2NO. The van der Waals surface area contributed by atoms with Gasteiger partial charge in [-0.3, -0.25) is 0 Å². The van der Waals surface area contributed by atoms with Crippen LogP contribution in [0.2, 0.25) is 10.0 Å². The number of halogens is 2. The number of aliphatic hydroxyl groups is 1. The van der Waals surface area contributed by atoms with Gasteiger partial charge in [-0.25, -0.2) is 0 Å². The van der Waals surface area contributed by atoms with Crippen LogP contribution in [0.3, 0.4) is 0 Å². The van der Waals surface area contributed by atoms with E-state index in [1.807, 2.05) is 66.7 Å². The van der Waals surface area contributed by atoms with E-state index in [-0.39, 0.29) is 23.9 Å². The fourth-order valence-electron chi connectivity index (χ4n) is 4.83. The molecule has 0 saturated carbocycles. The minimum Gasteiger partial charge on any atom is -0.389 e. The van der Waals surface area contributed by atoms with Gasteiger partial charge in [-0.15, -0.1) is 0 Å². The number of hydrogen-bond acceptors (Lipinski definition) is 2. The Kier molecular flexibility index (Phi) is 6.22. The maximum absolute atomic E-state index is 12.1. The van der Waals surface area contributed by atoms with Crippen LogP contribution in [-0.2, 0) is 6.42 Å². The second-order valence-electron chi connectivity index (χ2n) is 8.46. The zero-order chi connectivity index (χ0) is 21.3. The fourth-order valence-corrected chi connectivity index (χ4v) is 5.08. The highest BCUT2D eigenvalue weighted by Gasteiger charge is 2.51. The molecule has 0 aliphatic carbocycles. The van der Waals surface area contributed by atoms with Gasteiger partial charge in [0.25, 0.3) is 0 Å². The summed E-state index contributed by atoms with van der Waals surface area (Å²) in [5, 5.41) is 17.4. The Morgan fingerprint density at radius 2 is 1.17 bits per heavy atom. The first-order valence-corrected chi connectivity index (χ1v) is 11.2. The Labute approximate surface area is 188 Å². The quantitative estimate of drug-likeness (QED) is 0.478. The fraction of sp³-hybridized carbons (Fsp3) is 0.308. The normalized spacial score (nSPS) is 29.0. The average Bonchev–Trinajstić information content (AvgIpc) is 2.75. The molecule has 1 unspecified atom stereocenters. The van der Waals surface area contributed by atoms with E-state index in [0.717, 1.165) is 16.7 Å². The van der Waals surface area contributed by atoms with E-state index in [2.05, 4.69) is 31.3 Å². The summed E-state index contributed by atoms with van der Waals surface area (Å²) in [5.74, 6) is -0.00476. The molecule has 30 heavy (non-hydrogen) atoms. The molecule has 5 atom stereocenters. The maximum atomic E-state index is 12.1. The van der Waals surface area contributed by atoms with E-state index in [9.17, 15) is 5.11 Å². The van der Waals surface area contributed by atoms with E-state index in [1.165, 1.54) is 0 Å². The first-order valence-electron chi connectivity index (χ1n) is 10.4. The van der Waals surface area contributed by atoms with E-state index >= 15 is 0 Å². The molecule has 1 aliphatic rings. The van der Waals surface area contributed by atoms with Crippen LogP contribution in [0.25, 0.3) is 0 Å². The molecule has 3 aromatic rings. The summed E-state index contributed by atoms with van der Waals surface area (Å²) in [6.45, 7) is 4.29. The lowest BCUT2D eigenvalue weighted by Gasteiger charge is -2.52. The standard InChI is InChI=1S/C26H27Cl2NO/c1-17-24(20-8-12-22(27)13-9-20)29-25(21-10-14-23(28)15-11-21)18(2)26(17,30)16-19-6-4-3-5-7-19/h3-15,17-18,24-25,29-30H,16H2,1-2H3/t17-,18-,24-,25+,26?/m1/s1. The molecule has 1 aliphatic heterocycles. The second kappa shape index (κ2) is 8.72. The molecule has 4 rings (SSSR count). The van der Waals surface area contributed by atoms with Gasteiger partial charge >= 0.3 is 0 Å². The Morgan fingerprint density at radius 3 is 1.60 bits per heavy atom. The predicted molar refractivity (Wildman–Crippen MR) is 125 cm³/mol. The van der Waals surface area contributed by atoms with Gasteiger partial charge in [0, 0.05) is 40.4 Å². The molecule has 0 radical (unpaired) electrons. The van der Waals surface area contributed by atoms with Crippen LogP contribution in [0.5, 0.6) is 0 Å². The molecule has 2 N–H and O–H groups in total. The highest BCUT2D eigenvalue weighted by molar-refractivity contribution is 6.30. The van der Waals surface area contributed by atoms with Crippen molar-refractivity contribution in [1.82, 2.24) is 5.32 Å². The third-order valence-electron chi connectivity index (χ3n) is 6.72. The van der Waals surface area contributed by atoms with E-state index in [1.54, 1.807) is 0 Å². The predicted octanol–water partition coefficient (Wildman–Crippen LogP) is 6.63. The third kappa shape index (κ3) is 4.15. The molecule has 3 aromatic carbocycles. The van der Waals surface area contributed by atoms with Crippen LogP contribution in [0, 0.1) is 11.8 Å². The van der Waals surface area contributed by atoms with Gasteiger partial charge in [0.15, 0.2) is 0 Å². The lowest BCUT2D eigenvalue weighted by Crippen LogP contribution is -2.58. The molecule has 0 bridgehead atoms. The third-order valence-corrected chi connectivity index (χ3v) is 7.23. The monoisotopic (exact) mass is 439 g/mol. The minimum absolute atomic E-state index is 0.00238. The van der Waals surface area contributed by atoms with Crippen LogP contribution in [0.4, 0.5) is 0 Å². The van der Waals surface area contributed by atoms with Crippen LogP contribution < -0.4 is 5.32 Å².